The van der Waals surface area contributed by atoms with Crippen molar-refractivity contribution in [1.82, 2.24) is 15.5 Å². The van der Waals surface area contributed by atoms with Crippen LogP contribution in [0.15, 0.2) is 0 Å². The van der Waals surface area contributed by atoms with Gasteiger partial charge in [0.2, 0.25) is 11.8 Å². The Bertz CT molecular complexity index is 367. The molecule has 2 heterocycles. The topological polar surface area (TPSA) is 61.4 Å². The Kier molecular flexibility index (Phi) is 4.24. The van der Waals surface area contributed by atoms with Gasteiger partial charge in [0, 0.05) is 31.0 Å². The fourth-order valence-corrected chi connectivity index (χ4v) is 3.24. The van der Waals surface area contributed by atoms with E-state index in [-0.39, 0.29) is 17.9 Å². The molecule has 0 aromatic heterocycles. The maximum Gasteiger partial charge on any atom is 0.225 e. The molecule has 0 spiro atoms. The first-order chi connectivity index (χ1) is 9.74. The Morgan fingerprint density at radius 2 is 1.55 bits per heavy atom. The van der Waals surface area contributed by atoms with Gasteiger partial charge in [-0.15, -0.1) is 0 Å². The molecule has 0 atom stereocenters. The minimum atomic E-state index is 0.183. The molecule has 5 nitrogen and oxygen atoms in total. The highest BCUT2D eigenvalue weighted by Gasteiger charge is 2.35. The molecular weight excluding hydrogens is 254 g/mol. The first-order valence-electron chi connectivity index (χ1n) is 8.04. The number of carbonyl (C=O) groups is 2. The van der Waals surface area contributed by atoms with Gasteiger partial charge in [-0.2, -0.15) is 0 Å². The molecule has 2 aliphatic heterocycles. The van der Waals surface area contributed by atoms with Crippen LogP contribution in [0.4, 0.5) is 0 Å². The smallest absolute Gasteiger partial charge is 0.225 e. The van der Waals surface area contributed by atoms with E-state index in [4.69, 9.17) is 0 Å². The van der Waals surface area contributed by atoms with Crippen LogP contribution in [0, 0.1) is 11.8 Å². The van der Waals surface area contributed by atoms with Crippen molar-refractivity contribution in [2.45, 2.75) is 44.6 Å². The summed E-state index contributed by atoms with van der Waals surface area (Å²) in [5, 5.41) is 6.47. The lowest BCUT2D eigenvalue weighted by molar-refractivity contribution is -0.133. The van der Waals surface area contributed by atoms with Crippen molar-refractivity contribution in [3.05, 3.63) is 0 Å². The number of likely N-dealkylation sites (tertiary alicyclic amines) is 1. The summed E-state index contributed by atoms with van der Waals surface area (Å²) in [5.41, 5.74) is 0. The molecule has 0 radical (unpaired) electrons. The van der Waals surface area contributed by atoms with Crippen molar-refractivity contribution in [1.29, 1.82) is 0 Å². The van der Waals surface area contributed by atoms with Gasteiger partial charge in [-0.05, 0) is 51.6 Å². The Balaban J connectivity index is 1.41. The van der Waals surface area contributed by atoms with E-state index in [9.17, 15) is 9.59 Å². The molecule has 5 heteroatoms. The third-order valence-electron chi connectivity index (χ3n) is 4.79. The number of hydrogen-bond donors (Lipinski definition) is 2. The van der Waals surface area contributed by atoms with E-state index in [1.807, 2.05) is 4.90 Å². The molecule has 20 heavy (non-hydrogen) atoms. The van der Waals surface area contributed by atoms with Gasteiger partial charge in [-0.1, -0.05) is 0 Å². The molecule has 0 aromatic rings. The molecular formula is C15H25N3O2. The number of piperidine rings is 2. The van der Waals surface area contributed by atoms with Crippen LogP contribution in [0.3, 0.4) is 0 Å². The third-order valence-corrected chi connectivity index (χ3v) is 4.79. The van der Waals surface area contributed by atoms with Gasteiger partial charge in [-0.3, -0.25) is 9.59 Å². The summed E-state index contributed by atoms with van der Waals surface area (Å²) in [6.45, 7) is 3.53. The molecule has 0 aromatic carbocycles. The Labute approximate surface area is 120 Å². The number of rotatable bonds is 3. The first kappa shape index (κ1) is 13.9. The molecule has 3 rings (SSSR count). The van der Waals surface area contributed by atoms with Crippen LogP contribution in [-0.4, -0.2) is 48.9 Å². The van der Waals surface area contributed by atoms with Gasteiger partial charge in [0.25, 0.3) is 0 Å². The summed E-state index contributed by atoms with van der Waals surface area (Å²) in [6.07, 6.45) is 5.87. The summed E-state index contributed by atoms with van der Waals surface area (Å²) < 4.78 is 0. The molecule has 2 amide bonds. The zero-order chi connectivity index (χ0) is 13.9. The predicted octanol–water partition coefficient (Wildman–Crippen LogP) is 0.503. The van der Waals surface area contributed by atoms with Gasteiger partial charge in [0.15, 0.2) is 0 Å². The van der Waals surface area contributed by atoms with E-state index in [1.54, 1.807) is 0 Å². The molecule has 2 N–H and O–H groups in total. The highest BCUT2D eigenvalue weighted by atomic mass is 16.2. The SMILES string of the molecule is O=C(NC1CCN(C(=O)C2CC2)CC1)C1CCNCC1. The van der Waals surface area contributed by atoms with E-state index in [0.29, 0.717) is 11.8 Å². The number of amides is 2. The lowest BCUT2D eigenvalue weighted by Crippen LogP contribution is -2.49. The van der Waals surface area contributed by atoms with Crippen molar-refractivity contribution in [3.63, 3.8) is 0 Å². The first-order valence-corrected chi connectivity index (χ1v) is 8.04. The summed E-state index contributed by atoms with van der Waals surface area (Å²) in [7, 11) is 0. The number of nitrogens with one attached hydrogen (secondary N) is 2. The van der Waals surface area contributed by atoms with Crippen molar-refractivity contribution in [2.75, 3.05) is 26.2 Å². The van der Waals surface area contributed by atoms with Crippen LogP contribution < -0.4 is 10.6 Å². The summed E-state index contributed by atoms with van der Waals surface area (Å²) in [4.78, 5) is 26.1. The fourth-order valence-electron chi connectivity index (χ4n) is 3.24. The van der Waals surface area contributed by atoms with Crippen LogP contribution in [0.25, 0.3) is 0 Å². The zero-order valence-corrected chi connectivity index (χ0v) is 12.1. The van der Waals surface area contributed by atoms with Crippen molar-refractivity contribution in [3.8, 4) is 0 Å². The number of nitrogens with zero attached hydrogens (tertiary/aromatic N) is 1. The largest absolute Gasteiger partial charge is 0.353 e. The van der Waals surface area contributed by atoms with Crippen LogP contribution in [0.2, 0.25) is 0 Å². The van der Waals surface area contributed by atoms with E-state index in [0.717, 1.165) is 64.7 Å². The second-order valence-electron chi connectivity index (χ2n) is 6.41. The minimum Gasteiger partial charge on any atom is -0.353 e. The van der Waals surface area contributed by atoms with Crippen molar-refractivity contribution in [2.24, 2.45) is 11.8 Å². The summed E-state index contributed by atoms with van der Waals surface area (Å²) in [6, 6.07) is 0.264. The lowest BCUT2D eigenvalue weighted by Gasteiger charge is -2.33. The quantitative estimate of drug-likeness (QED) is 0.791. The van der Waals surface area contributed by atoms with Crippen LogP contribution >= 0.6 is 0 Å². The standard InChI is InChI=1S/C15H25N3O2/c19-14(11-3-7-16-8-4-11)17-13-5-9-18(10-6-13)15(20)12-1-2-12/h11-13,16H,1-10H2,(H,17,19). The predicted molar refractivity (Wildman–Crippen MR) is 76.1 cm³/mol. The Morgan fingerprint density at radius 3 is 2.15 bits per heavy atom. The van der Waals surface area contributed by atoms with E-state index in [1.165, 1.54) is 0 Å². The fraction of sp³-hybridized carbons (Fsp3) is 0.867. The van der Waals surface area contributed by atoms with E-state index >= 15 is 0 Å². The molecule has 1 aliphatic carbocycles. The molecule has 0 bridgehead atoms. The van der Waals surface area contributed by atoms with Crippen LogP contribution in [0.1, 0.15) is 38.5 Å². The van der Waals surface area contributed by atoms with Gasteiger partial charge in [-0.25, -0.2) is 0 Å². The molecule has 3 fully saturated rings. The zero-order valence-electron chi connectivity index (χ0n) is 12.1. The maximum atomic E-state index is 12.2. The Hall–Kier alpha value is -1.10. The van der Waals surface area contributed by atoms with Gasteiger partial charge in [0.05, 0.1) is 0 Å². The summed E-state index contributed by atoms with van der Waals surface area (Å²) in [5.74, 6) is 1.06. The normalized spacial score (nSPS) is 25.5. The van der Waals surface area contributed by atoms with Gasteiger partial charge >= 0.3 is 0 Å². The lowest BCUT2D eigenvalue weighted by atomic mass is 9.96. The van der Waals surface area contributed by atoms with Gasteiger partial charge in [0.1, 0.15) is 0 Å². The molecule has 1 saturated carbocycles. The van der Waals surface area contributed by atoms with Crippen LogP contribution in [0.5, 0.6) is 0 Å². The number of hydrogen-bond acceptors (Lipinski definition) is 3. The summed E-state index contributed by atoms with van der Waals surface area (Å²) >= 11 is 0. The highest BCUT2D eigenvalue weighted by Crippen LogP contribution is 2.31. The Morgan fingerprint density at radius 1 is 0.900 bits per heavy atom. The van der Waals surface area contributed by atoms with E-state index < -0.39 is 0 Å². The molecule has 0 unspecified atom stereocenters. The van der Waals surface area contributed by atoms with E-state index in [2.05, 4.69) is 10.6 Å². The second-order valence-corrected chi connectivity index (χ2v) is 6.41. The average molecular weight is 279 g/mol. The number of carbonyl (C=O) groups excluding carboxylic acids is 2. The maximum absolute atomic E-state index is 12.2. The molecule has 3 aliphatic rings. The minimum absolute atomic E-state index is 0.183. The van der Waals surface area contributed by atoms with Crippen molar-refractivity contribution < 1.29 is 9.59 Å². The molecule has 112 valence electrons. The van der Waals surface area contributed by atoms with Crippen LogP contribution in [-0.2, 0) is 9.59 Å². The molecule has 2 saturated heterocycles. The third kappa shape index (κ3) is 3.32. The average Bonchev–Trinajstić information content (AvgIpc) is 3.33. The monoisotopic (exact) mass is 279 g/mol. The highest BCUT2D eigenvalue weighted by molar-refractivity contribution is 5.81. The van der Waals surface area contributed by atoms with Crippen molar-refractivity contribution >= 4 is 11.8 Å². The van der Waals surface area contributed by atoms with Gasteiger partial charge < -0.3 is 15.5 Å². The second kappa shape index (κ2) is 6.12.